The van der Waals surface area contributed by atoms with Crippen LogP contribution >= 0.6 is 0 Å². The summed E-state index contributed by atoms with van der Waals surface area (Å²) >= 11 is 0. The van der Waals surface area contributed by atoms with Crippen molar-refractivity contribution in [3.63, 3.8) is 0 Å². The molecule has 2 aromatic heterocycles. The number of halogens is 2. The summed E-state index contributed by atoms with van der Waals surface area (Å²) in [4.78, 5) is 0. The fourth-order valence-electron chi connectivity index (χ4n) is 7.36. The molecule has 52 heavy (non-hydrogen) atoms. The zero-order chi connectivity index (χ0) is 33.5. The van der Waals surface area contributed by atoms with E-state index in [1.165, 1.54) is 88.4 Å². The Hall–Kier alpha value is -4.18. The molecule has 0 unspecified atom stereocenters. The van der Waals surface area contributed by atoms with Gasteiger partial charge in [-0.1, -0.05) is 96.0 Å². The fraction of sp³-hybridized carbons (Fsp3) is 0.0870. The van der Waals surface area contributed by atoms with E-state index in [4.69, 9.17) is 0 Å². The maximum atomic E-state index is 2.40. The molecular weight excluding hydrogens is 771 g/mol. The van der Waals surface area contributed by atoms with Gasteiger partial charge in [-0.25, -0.2) is 0 Å². The van der Waals surface area contributed by atoms with Gasteiger partial charge in [0.15, 0.2) is 0 Å². The van der Waals surface area contributed by atoms with E-state index < -0.39 is 0 Å². The molecule has 4 aliphatic carbocycles. The summed E-state index contributed by atoms with van der Waals surface area (Å²) < 4.78 is 4.79. The molecule has 0 atom stereocenters. The summed E-state index contributed by atoms with van der Waals surface area (Å²) in [5, 5.41) is 5.35. The van der Waals surface area contributed by atoms with Crippen LogP contribution in [-0.2, 0) is 26.2 Å². The minimum absolute atomic E-state index is 0. The number of rotatable bonds is 2. The Morgan fingerprint density at radius 2 is 0.846 bits per heavy atom. The van der Waals surface area contributed by atoms with Gasteiger partial charge in [-0.05, 0) is 71.8 Å². The smallest absolute Gasteiger partial charge is 1.00 e. The number of hydrogen-bond donors (Lipinski definition) is 0. The Bertz CT molecular complexity index is 2450. The van der Waals surface area contributed by atoms with Gasteiger partial charge >= 0.3 is 26.2 Å². The summed E-state index contributed by atoms with van der Waals surface area (Å²) in [6, 6.07) is 56.7. The molecule has 0 saturated heterocycles. The van der Waals surface area contributed by atoms with E-state index in [0.29, 0.717) is 0 Å². The molecule has 6 aromatic rings. The second-order valence-corrected chi connectivity index (χ2v) is 13.9. The third-order valence-corrected chi connectivity index (χ3v) is 9.38. The topological polar surface area (TPSA) is 9.86 Å². The molecule has 0 aliphatic heterocycles. The first kappa shape index (κ1) is 39.0. The van der Waals surface area contributed by atoms with Crippen LogP contribution in [-0.4, -0.2) is 18.7 Å². The Labute approximate surface area is 340 Å². The van der Waals surface area contributed by atoms with Crippen LogP contribution in [0.2, 0.25) is 13.1 Å². The van der Waals surface area contributed by atoms with Crippen LogP contribution in [0, 0.1) is 13.8 Å². The largest absolute Gasteiger partial charge is 4.00 e. The van der Waals surface area contributed by atoms with Crippen molar-refractivity contribution in [2.75, 3.05) is 0 Å². The predicted molar refractivity (Wildman–Crippen MR) is 213 cm³/mol. The van der Waals surface area contributed by atoms with E-state index in [0.717, 1.165) is 9.52 Å². The molecule has 0 amide bonds. The Balaban J connectivity index is 0.000000178. The van der Waals surface area contributed by atoms with E-state index in [1.54, 1.807) is 0 Å². The molecule has 2 nitrogen and oxygen atoms in total. The van der Waals surface area contributed by atoms with E-state index in [2.05, 4.69) is 194 Å². The quantitative estimate of drug-likeness (QED) is 0.137. The van der Waals surface area contributed by atoms with Gasteiger partial charge < -0.3 is 33.9 Å². The van der Waals surface area contributed by atoms with Gasteiger partial charge in [-0.15, -0.1) is 71.8 Å². The van der Waals surface area contributed by atoms with Crippen molar-refractivity contribution in [1.29, 1.82) is 0 Å². The van der Waals surface area contributed by atoms with Gasteiger partial charge in [0, 0.05) is 31.9 Å². The molecule has 2 heterocycles. The van der Waals surface area contributed by atoms with Crippen molar-refractivity contribution in [2.45, 2.75) is 26.9 Å². The van der Waals surface area contributed by atoms with Crippen molar-refractivity contribution in [1.82, 2.24) is 9.13 Å². The SMILES string of the molecule is C[Si]C.Cc1ccc2c(c1)c1cc3[cH-]cccc-3c1n2-c1ccccc1.Cc1ccc2c(c1)c1cc3[cH-]cccc-3c1n2-c1ccccc1.[Cl-].[Cl-].[Zr+4]. The number of fused-ring (bicyclic) bond motifs is 10. The van der Waals surface area contributed by atoms with E-state index in [9.17, 15) is 0 Å². The molecule has 4 aliphatic rings. The first-order valence-corrected chi connectivity index (χ1v) is 18.9. The number of hydrogen-bond acceptors (Lipinski definition) is 0. The summed E-state index contributed by atoms with van der Waals surface area (Å²) in [5.74, 6) is 0. The van der Waals surface area contributed by atoms with Crippen LogP contribution in [0.25, 0.3) is 77.2 Å². The van der Waals surface area contributed by atoms with Crippen LogP contribution in [0.15, 0.2) is 158 Å². The van der Waals surface area contributed by atoms with E-state index in [1.807, 2.05) is 0 Å². The summed E-state index contributed by atoms with van der Waals surface area (Å²) in [6.07, 6.45) is 0. The van der Waals surface area contributed by atoms with Crippen molar-refractivity contribution in [3.05, 3.63) is 169 Å². The number of aryl methyl sites for hydroxylation is 2. The fourth-order valence-corrected chi connectivity index (χ4v) is 7.36. The van der Waals surface area contributed by atoms with Crippen molar-refractivity contribution < 1.29 is 51.0 Å². The van der Waals surface area contributed by atoms with Crippen LogP contribution in [0.1, 0.15) is 11.1 Å². The average Bonchev–Trinajstić information content (AvgIpc) is 3.86. The molecule has 0 spiro atoms. The zero-order valence-corrected chi connectivity index (χ0v) is 34.6. The molecule has 0 N–H and O–H groups in total. The third-order valence-electron chi connectivity index (χ3n) is 9.38. The second kappa shape index (κ2) is 16.7. The van der Waals surface area contributed by atoms with Gasteiger partial charge in [0.05, 0.1) is 11.0 Å². The van der Waals surface area contributed by atoms with Crippen molar-refractivity contribution >= 4 is 53.1 Å². The van der Waals surface area contributed by atoms with Crippen LogP contribution < -0.4 is 24.8 Å². The van der Waals surface area contributed by atoms with E-state index in [-0.39, 0.29) is 51.0 Å². The average molecular weight is 809 g/mol. The normalized spacial score (nSPS) is 10.7. The molecule has 0 saturated carbocycles. The van der Waals surface area contributed by atoms with Gasteiger partial charge in [0.25, 0.3) is 0 Å². The molecular formula is C46H38Cl2N2SiZr. The maximum absolute atomic E-state index is 2.40. The minimum atomic E-state index is 0. The van der Waals surface area contributed by atoms with Crippen LogP contribution in [0.4, 0.5) is 0 Å². The number of benzene rings is 6. The summed E-state index contributed by atoms with van der Waals surface area (Å²) in [7, 11) is 1.08. The standard InChI is InChI=1S/2C22H16N.C2H6Si.2ClH.Zr/c2*1-15-11-12-21-19(13-15)20-14-16-7-5-6-10-18(16)22(20)23(21)17-8-3-2-4-9-17;1-3-2;;;/h2*2-14H,1H3;1-2H3;2*1H;/q2*-1;;;;+4/p-2. The Morgan fingerprint density at radius 3 is 1.23 bits per heavy atom. The molecule has 254 valence electrons. The van der Waals surface area contributed by atoms with E-state index >= 15 is 0 Å². The summed E-state index contributed by atoms with van der Waals surface area (Å²) in [6.45, 7) is 8.63. The first-order chi connectivity index (χ1) is 24.1. The monoisotopic (exact) mass is 806 g/mol. The van der Waals surface area contributed by atoms with Gasteiger partial charge in [-0.3, -0.25) is 0 Å². The minimum Gasteiger partial charge on any atom is -1.00 e. The molecule has 0 bridgehead atoms. The second-order valence-electron chi connectivity index (χ2n) is 12.9. The molecule has 6 heteroatoms. The first-order valence-electron chi connectivity index (χ1n) is 16.9. The molecule has 2 radical (unpaired) electrons. The third kappa shape index (κ3) is 6.86. The van der Waals surface area contributed by atoms with Crippen LogP contribution in [0.3, 0.4) is 0 Å². The summed E-state index contributed by atoms with van der Waals surface area (Å²) in [5.41, 5.74) is 15.5. The Kier molecular flexibility index (Phi) is 12.5. The number of aromatic nitrogens is 2. The van der Waals surface area contributed by atoms with Gasteiger partial charge in [-0.2, -0.15) is 0 Å². The predicted octanol–water partition coefficient (Wildman–Crippen LogP) is 6.62. The van der Waals surface area contributed by atoms with Crippen molar-refractivity contribution in [3.8, 4) is 33.6 Å². The van der Waals surface area contributed by atoms with Crippen LogP contribution in [0.5, 0.6) is 0 Å². The molecule has 4 aromatic carbocycles. The molecule has 10 rings (SSSR count). The Morgan fingerprint density at radius 1 is 0.462 bits per heavy atom. The maximum Gasteiger partial charge on any atom is 4.00 e. The van der Waals surface area contributed by atoms with Gasteiger partial charge in [0.1, 0.15) is 0 Å². The molecule has 0 fully saturated rings. The van der Waals surface area contributed by atoms with Crippen molar-refractivity contribution in [2.24, 2.45) is 0 Å². The number of para-hydroxylation sites is 2. The zero-order valence-electron chi connectivity index (χ0n) is 29.7. The number of nitrogens with zero attached hydrogens (tertiary/aromatic N) is 2. The van der Waals surface area contributed by atoms with Gasteiger partial charge in [0.2, 0.25) is 0 Å².